The molecule has 0 aliphatic carbocycles. The number of carbonyl (C=O) groups is 2. The number of amides is 2. The van der Waals surface area contributed by atoms with Crippen LogP contribution in [-0.4, -0.2) is 17.9 Å². The van der Waals surface area contributed by atoms with E-state index in [1.165, 1.54) is 0 Å². The van der Waals surface area contributed by atoms with E-state index in [-0.39, 0.29) is 11.8 Å². The molecule has 1 aromatic heterocycles. The monoisotopic (exact) mass is 350 g/mol. The average Bonchev–Trinajstić information content (AvgIpc) is 2.98. The Morgan fingerprint density at radius 1 is 1.24 bits per heavy atom. The van der Waals surface area contributed by atoms with Crippen LogP contribution in [0.1, 0.15) is 23.0 Å². The Kier molecular flexibility index (Phi) is 5.16. The van der Waals surface area contributed by atoms with Crippen LogP contribution in [0.3, 0.4) is 0 Å². The third-order valence-corrected chi connectivity index (χ3v) is 3.39. The van der Waals surface area contributed by atoms with Crippen molar-refractivity contribution < 1.29 is 14.0 Å². The van der Waals surface area contributed by atoms with Gasteiger partial charge in [-0.25, -0.2) is 0 Å². The van der Waals surface area contributed by atoms with E-state index in [2.05, 4.69) is 26.6 Å². The molecular formula is C15H15BrN2O3. The van der Waals surface area contributed by atoms with Gasteiger partial charge in [0.25, 0.3) is 5.91 Å². The first kappa shape index (κ1) is 15.3. The highest BCUT2D eigenvalue weighted by molar-refractivity contribution is 9.10. The van der Waals surface area contributed by atoms with E-state index in [4.69, 9.17) is 4.42 Å². The fourth-order valence-corrected chi connectivity index (χ4v) is 1.95. The molecule has 0 spiro atoms. The van der Waals surface area contributed by atoms with Crippen LogP contribution in [0.15, 0.2) is 51.6 Å². The second-order valence-electron chi connectivity index (χ2n) is 4.50. The second-order valence-corrected chi connectivity index (χ2v) is 5.41. The van der Waals surface area contributed by atoms with Crippen LogP contribution in [0.5, 0.6) is 0 Å². The molecule has 0 bridgehead atoms. The van der Waals surface area contributed by atoms with Gasteiger partial charge >= 0.3 is 0 Å². The Labute approximate surface area is 130 Å². The number of carbonyl (C=O) groups excluding carboxylic acids is 2. The topological polar surface area (TPSA) is 71.3 Å². The summed E-state index contributed by atoms with van der Waals surface area (Å²) >= 11 is 3.30. The molecule has 6 heteroatoms. The third kappa shape index (κ3) is 4.46. The zero-order chi connectivity index (χ0) is 15.2. The molecule has 0 saturated carbocycles. The van der Waals surface area contributed by atoms with Gasteiger partial charge in [-0.05, 0) is 43.3 Å². The lowest BCUT2D eigenvalue weighted by Crippen LogP contribution is -2.44. The highest BCUT2D eigenvalue weighted by Crippen LogP contribution is 2.10. The maximum Gasteiger partial charge on any atom is 0.251 e. The van der Waals surface area contributed by atoms with Gasteiger partial charge in [0, 0.05) is 10.0 Å². The number of hydrogen-bond acceptors (Lipinski definition) is 3. The van der Waals surface area contributed by atoms with Crippen molar-refractivity contribution in [3.05, 3.63) is 58.5 Å². The molecule has 1 heterocycles. The third-order valence-electron chi connectivity index (χ3n) is 2.86. The van der Waals surface area contributed by atoms with Crippen LogP contribution in [0.2, 0.25) is 0 Å². The minimum absolute atomic E-state index is 0.267. The highest BCUT2D eigenvalue weighted by atomic mass is 79.9. The van der Waals surface area contributed by atoms with E-state index >= 15 is 0 Å². The smallest absolute Gasteiger partial charge is 0.251 e. The van der Waals surface area contributed by atoms with E-state index in [9.17, 15) is 9.59 Å². The van der Waals surface area contributed by atoms with Gasteiger partial charge in [0.1, 0.15) is 11.8 Å². The van der Waals surface area contributed by atoms with Crippen LogP contribution >= 0.6 is 15.9 Å². The van der Waals surface area contributed by atoms with Gasteiger partial charge in [0.2, 0.25) is 5.91 Å². The van der Waals surface area contributed by atoms with E-state index in [0.717, 1.165) is 4.47 Å². The Balaban J connectivity index is 1.85. The molecule has 2 amide bonds. The summed E-state index contributed by atoms with van der Waals surface area (Å²) in [7, 11) is 0. The van der Waals surface area contributed by atoms with Crippen LogP contribution < -0.4 is 10.6 Å². The van der Waals surface area contributed by atoms with Gasteiger partial charge in [-0.3, -0.25) is 9.59 Å². The van der Waals surface area contributed by atoms with Crippen molar-refractivity contribution in [2.45, 2.75) is 19.5 Å². The molecule has 1 aromatic carbocycles. The molecular weight excluding hydrogens is 336 g/mol. The Morgan fingerprint density at radius 3 is 2.57 bits per heavy atom. The zero-order valence-corrected chi connectivity index (χ0v) is 13.0. The van der Waals surface area contributed by atoms with Crippen molar-refractivity contribution in [2.24, 2.45) is 0 Å². The average molecular weight is 351 g/mol. The number of rotatable bonds is 5. The number of benzene rings is 1. The van der Waals surface area contributed by atoms with Crippen LogP contribution in [0.4, 0.5) is 0 Å². The lowest BCUT2D eigenvalue weighted by Gasteiger charge is -2.13. The quantitative estimate of drug-likeness (QED) is 0.869. The number of halogens is 1. The van der Waals surface area contributed by atoms with Crippen molar-refractivity contribution >= 4 is 27.7 Å². The minimum atomic E-state index is -0.629. The normalized spacial score (nSPS) is 11.7. The van der Waals surface area contributed by atoms with Gasteiger partial charge in [0.05, 0.1) is 12.8 Å². The lowest BCUT2D eigenvalue weighted by molar-refractivity contribution is -0.122. The fraction of sp³-hybridized carbons (Fsp3) is 0.200. The summed E-state index contributed by atoms with van der Waals surface area (Å²) in [6, 6.07) is 9.81. The fourth-order valence-electron chi connectivity index (χ4n) is 1.69. The predicted octanol–water partition coefficient (Wildman–Crippen LogP) is 2.48. The summed E-state index contributed by atoms with van der Waals surface area (Å²) in [6.07, 6.45) is 1.54. The van der Waals surface area contributed by atoms with Crippen molar-refractivity contribution in [2.75, 3.05) is 0 Å². The summed E-state index contributed by atoms with van der Waals surface area (Å²) in [6.45, 7) is 1.93. The van der Waals surface area contributed by atoms with Crippen LogP contribution in [-0.2, 0) is 11.3 Å². The first-order valence-corrected chi connectivity index (χ1v) is 7.22. The molecule has 0 fully saturated rings. The Bertz CT molecular complexity index is 608. The van der Waals surface area contributed by atoms with Gasteiger partial charge in [-0.2, -0.15) is 0 Å². The molecule has 2 aromatic rings. The molecule has 110 valence electrons. The molecule has 0 saturated heterocycles. The van der Waals surface area contributed by atoms with Crippen molar-refractivity contribution in [1.82, 2.24) is 10.6 Å². The first-order valence-electron chi connectivity index (χ1n) is 6.43. The molecule has 0 radical (unpaired) electrons. The van der Waals surface area contributed by atoms with Crippen molar-refractivity contribution in [3.8, 4) is 0 Å². The van der Waals surface area contributed by atoms with Gasteiger partial charge < -0.3 is 15.1 Å². The standard InChI is InChI=1S/C15H15BrN2O3/c1-10(14(19)17-9-13-3-2-8-21-13)18-15(20)11-4-6-12(16)7-5-11/h2-8,10H,9H2,1H3,(H,17,19)(H,18,20)/t10-/m1/s1. The highest BCUT2D eigenvalue weighted by Gasteiger charge is 2.16. The number of hydrogen-bond donors (Lipinski definition) is 2. The maximum atomic E-state index is 12.0. The lowest BCUT2D eigenvalue weighted by atomic mass is 10.2. The predicted molar refractivity (Wildman–Crippen MR) is 81.6 cm³/mol. The summed E-state index contributed by atoms with van der Waals surface area (Å²) in [5, 5.41) is 5.34. The molecule has 0 aliphatic heterocycles. The van der Waals surface area contributed by atoms with E-state index < -0.39 is 6.04 Å². The summed E-state index contributed by atoms with van der Waals surface area (Å²) in [5.41, 5.74) is 0.504. The van der Waals surface area contributed by atoms with Crippen LogP contribution in [0, 0.1) is 0 Å². The molecule has 5 nitrogen and oxygen atoms in total. The molecule has 2 N–H and O–H groups in total. The summed E-state index contributed by atoms with van der Waals surface area (Å²) in [4.78, 5) is 23.9. The number of nitrogens with one attached hydrogen (secondary N) is 2. The largest absolute Gasteiger partial charge is 0.467 e. The van der Waals surface area contributed by atoms with E-state index in [1.807, 2.05) is 0 Å². The molecule has 21 heavy (non-hydrogen) atoms. The molecule has 0 unspecified atom stereocenters. The zero-order valence-electron chi connectivity index (χ0n) is 11.4. The van der Waals surface area contributed by atoms with Gasteiger partial charge in [-0.1, -0.05) is 15.9 Å². The summed E-state index contributed by atoms with van der Waals surface area (Å²) < 4.78 is 6.01. The maximum absolute atomic E-state index is 12.0. The molecule has 0 aliphatic rings. The Hall–Kier alpha value is -2.08. The number of furan rings is 1. The Morgan fingerprint density at radius 2 is 1.95 bits per heavy atom. The minimum Gasteiger partial charge on any atom is -0.467 e. The van der Waals surface area contributed by atoms with Crippen LogP contribution in [0.25, 0.3) is 0 Å². The SMILES string of the molecule is C[C@@H](NC(=O)c1ccc(Br)cc1)C(=O)NCc1ccco1. The summed E-state index contributed by atoms with van der Waals surface area (Å²) in [5.74, 6) is 0.106. The van der Waals surface area contributed by atoms with Gasteiger partial charge in [-0.15, -0.1) is 0 Å². The first-order chi connectivity index (χ1) is 10.1. The second kappa shape index (κ2) is 7.08. The van der Waals surface area contributed by atoms with Crippen molar-refractivity contribution in [1.29, 1.82) is 0 Å². The van der Waals surface area contributed by atoms with E-state index in [0.29, 0.717) is 17.9 Å². The van der Waals surface area contributed by atoms with E-state index in [1.54, 1.807) is 49.6 Å². The van der Waals surface area contributed by atoms with Gasteiger partial charge in [0.15, 0.2) is 0 Å². The molecule has 2 rings (SSSR count). The molecule has 1 atom stereocenters. The van der Waals surface area contributed by atoms with Crippen molar-refractivity contribution in [3.63, 3.8) is 0 Å².